The van der Waals surface area contributed by atoms with Gasteiger partial charge >= 0.3 is 5.97 Å². The van der Waals surface area contributed by atoms with E-state index >= 15 is 0 Å². The van der Waals surface area contributed by atoms with E-state index in [9.17, 15) is 14.4 Å². The monoisotopic (exact) mass is 410 g/mol. The smallest absolute Gasteiger partial charge is 0.338 e. The number of esters is 1. The van der Waals surface area contributed by atoms with Gasteiger partial charge in [-0.1, -0.05) is 0 Å². The molecule has 1 unspecified atom stereocenters. The minimum absolute atomic E-state index is 0.0197. The van der Waals surface area contributed by atoms with Crippen LogP contribution in [0.2, 0.25) is 0 Å². The van der Waals surface area contributed by atoms with E-state index in [2.05, 4.69) is 15.9 Å². The quantitative estimate of drug-likeness (QED) is 0.765. The summed E-state index contributed by atoms with van der Waals surface area (Å²) in [5.74, 6) is -1.88. The van der Waals surface area contributed by atoms with E-state index in [0.29, 0.717) is 0 Å². The van der Waals surface area contributed by atoms with Crippen LogP contribution in [0, 0.1) is 17.1 Å². The fourth-order valence-electron chi connectivity index (χ4n) is 2.61. The largest absolute Gasteiger partial charge is 0.496 e. The summed E-state index contributed by atoms with van der Waals surface area (Å²) in [6.07, 6.45) is 0. The number of carbonyl (C=O) groups excluding carboxylic acids is 1. The Hall–Kier alpha value is -2.53. The van der Waals surface area contributed by atoms with Gasteiger partial charge in [0.1, 0.15) is 29.0 Å². The van der Waals surface area contributed by atoms with Crippen molar-refractivity contribution in [3.8, 4) is 11.8 Å². The number of carbonyl (C=O) groups is 1. The van der Waals surface area contributed by atoms with Crippen molar-refractivity contribution in [2.45, 2.75) is 19.8 Å². The zero-order valence-electron chi connectivity index (χ0n) is 13.9. The number of ether oxygens (including phenoxy) is 3. The molecule has 1 aliphatic heterocycles. The van der Waals surface area contributed by atoms with Gasteiger partial charge in [-0.3, -0.25) is 0 Å². The highest BCUT2D eigenvalue weighted by atomic mass is 79.9. The Labute approximate surface area is 152 Å². The van der Waals surface area contributed by atoms with Crippen LogP contribution < -0.4 is 10.5 Å². The van der Waals surface area contributed by atoms with Gasteiger partial charge in [0.15, 0.2) is 0 Å². The molecule has 132 valence electrons. The second-order valence-electron chi connectivity index (χ2n) is 5.12. The molecule has 2 N–H and O–H groups in total. The molecule has 8 heteroatoms. The van der Waals surface area contributed by atoms with Crippen molar-refractivity contribution in [1.29, 1.82) is 5.26 Å². The lowest BCUT2D eigenvalue weighted by molar-refractivity contribution is -0.139. The molecular weight excluding hydrogens is 395 g/mol. The summed E-state index contributed by atoms with van der Waals surface area (Å²) in [5, 5.41) is 9.51. The van der Waals surface area contributed by atoms with Gasteiger partial charge in [0.2, 0.25) is 5.88 Å². The van der Waals surface area contributed by atoms with Crippen molar-refractivity contribution >= 4 is 21.9 Å². The lowest BCUT2D eigenvalue weighted by Gasteiger charge is -2.27. The van der Waals surface area contributed by atoms with Crippen LogP contribution in [-0.2, 0) is 14.3 Å². The molecule has 1 aromatic rings. The average Bonchev–Trinajstić information content (AvgIpc) is 2.56. The van der Waals surface area contributed by atoms with Crippen LogP contribution >= 0.6 is 15.9 Å². The number of methoxy groups -OCH3 is 1. The first kappa shape index (κ1) is 18.8. The second kappa shape index (κ2) is 7.57. The molecule has 0 saturated carbocycles. The zero-order valence-corrected chi connectivity index (χ0v) is 15.4. The van der Waals surface area contributed by atoms with E-state index in [4.69, 9.17) is 19.9 Å². The van der Waals surface area contributed by atoms with Crippen molar-refractivity contribution in [2.75, 3.05) is 13.7 Å². The third-order valence-electron chi connectivity index (χ3n) is 3.68. The lowest BCUT2D eigenvalue weighted by Crippen LogP contribution is -2.26. The van der Waals surface area contributed by atoms with Gasteiger partial charge in [-0.15, -0.1) is 0 Å². The molecule has 1 heterocycles. The maximum absolute atomic E-state index is 14.2. The molecular formula is C17H16BrFN2O4. The third kappa shape index (κ3) is 3.46. The Morgan fingerprint density at radius 1 is 1.52 bits per heavy atom. The Kier molecular flexibility index (Phi) is 5.69. The topological polar surface area (TPSA) is 94.6 Å². The lowest BCUT2D eigenvalue weighted by atomic mass is 9.82. The summed E-state index contributed by atoms with van der Waals surface area (Å²) in [5.41, 5.74) is 6.14. The van der Waals surface area contributed by atoms with Crippen LogP contribution in [0.5, 0.6) is 5.75 Å². The summed E-state index contributed by atoms with van der Waals surface area (Å²) in [6.45, 7) is 3.32. The van der Waals surface area contributed by atoms with Crippen LogP contribution in [0.4, 0.5) is 4.39 Å². The first-order chi connectivity index (χ1) is 11.8. The van der Waals surface area contributed by atoms with Crippen molar-refractivity contribution in [1.82, 2.24) is 0 Å². The van der Waals surface area contributed by atoms with Crippen LogP contribution in [-0.4, -0.2) is 19.7 Å². The van der Waals surface area contributed by atoms with Crippen LogP contribution in [0.1, 0.15) is 25.3 Å². The predicted molar refractivity (Wildman–Crippen MR) is 90.6 cm³/mol. The number of hydrogen-bond donors (Lipinski definition) is 1. The Morgan fingerprint density at radius 3 is 2.76 bits per heavy atom. The van der Waals surface area contributed by atoms with Crippen LogP contribution in [0.15, 0.2) is 39.4 Å². The summed E-state index contributed by atoms with van der Waals surface area (Å²) >= 11 is 3.08. The summed E-state index contributed by atoms with van der Waals surface area (Å²) < 4.78 is 30.0. The first-order valence-electron chi connectivity index (χ1n) is 7.34. The molecule has 0 aliphatic carbocycles. The van der Waals surface area contributed by atoms with Gasteiger partial charge in [0.25, 0.3) is 0 Å². The molecule has 1 aromatic carbocycles. The molecule has 0 aromatic heterocycles. The summed E-state index contributed by atoms with van der Waals surface area (Å²) in [7, 11) is 1.40. The van der Waals surface area contributed by atoms with E-state index in [1.165, 1.54) is 26.2 Å². The van der Waals surface area contributed by atoms with Crippen molar-refractivity contribution in [2.24, 2.45) is 5.73 Å². The van der Waals surface area contributed by atoms with Gasteiger partial charge in [-0.25, -0.2) is 9.18 Å². The first-order valence-corrected chi connectivity index (χ1v) is 8.13. The van der Waals surface area contributed by atoms with E-state index in [-0.39, 0.29) is 45.2 Å². The maximum Gasteiger partial charge on any atom is 0.338 e. The number of halogens is 2. The zero-order chi connectivity index (χ0) is 18.7. The molecule has 0 bridgehead atoms. The summed E-state index contributed by atoms with van der Waals surface area (Å²) in [6, 6.07) is 4.54. The minimum atomic E-state index is -0.963. The molecule has 1 aliphatic rings. The highest BCUT2D eigenvalue weighted by Crippen LogP contribution is 2.44. The SMILES string of the molecule is CCOC(=O)C1=C(C)OC(N)=C(C#N)C1c1cc(F)c(Br)cc1OC. The van der Waals surface area contributed by atoms with Crippen LogP contribution in [0.3, 0.4) is 0 Å². The van der Waals surface area contributed by atoms with Crippen molar-refractivity contribution in [3.63, 3.8) is 0 Å². The van der Waals surface area contributed by atoms with Gasteiger partial charge < -0.3 is 19.9 Å². The van der Waals surface area contributed by atoms with E-state index < -0.39 is 17.7 Å². The second-order valence-corrected chi connectivity index (χ2v) is 5.98. The highest BCUT2D eigenvalue weighted by Gasteiger charge is 2.38. The van der Waals surface area contributed by atoms with Crippen LogP contribution in [0.25, 0.3) is 0 Å². The Bertz CT molecular complexity index is 827. The highest BCUT2D eigenvalue weighted by molar-refractivity contribution is 9.10. The Morgan fingerprint density at radius 2 is 2.20 bits per heavy atom. The molecule has 6 nitrogen and oxygen atoms in total. The van der Waals surface area contributed by atoms with Crippen molar-refractivity contribution in [3.05, 3.63) is 50.8 Å². The van der Waals surface area contributed by atoms with Gasteiger partial charge in [-0.2, -0.15) is 5.26 Å². The number of nitriles is 1. The standard InChI is InChI=1S/C17H16BrFN2O4/c1-4-24-17(22)14-8(2)25-16(21)10(7-20)15(14)9-5-12(19)11(18)6-13(9)23-3/h5-6,15H,4,21H2,1-3H3. The number of nitrogens with two attached hydrogens (primary N) is 1. The number of allylic oxidation sites excluding steroid dienone is 2. The van der Waals surface area contributed by atoms with Gasteiger partial charge in [0.05, 0.1) is 29.7 Å². The number of rotatable bonds is 4. The molecule has 25 heavy (non-hydrogen) atoms. The molecule has 0 fully saturated rings. The molecule has 2 rings (SSSR count). The number of benzene rings is 1. The molecule has 0 spiro atoms. The normalized spacial score (nSPS) is 17.0. The van der Waals surface area contributed by atoms with Gasteiger partial charge in [0, 0.05) is 5.56 Å². The fraction of sp³-hybridized carbons (Fsp3) is 0.294. The molecule has 0 radical (unpaired) electrons. The molecule has 1 atom stereocenters. The summed E-state index contributed by atoms with van der Waals surface area (Å²) in [4.78, 5) is 12.4. The minimum Gasteiger partial charge on any atom is -0.496 e. The maximum atomic E-state index is 14.2. The predicted octanol–water partition coefficient (Wildman–Crippen LogP) is 3.24. The van der Waals surface area contributed by atoms with Crippen molar-refractivity contribution < 1.29 is 23.4 Å². The van der Waals surface area contributed by atoms with E-state index in [1.54, 1.807) is 6.92 Å². The molecule has 0 amide bonds. The number of nitrogens with zero attached hydrogens (tertiary/aromatic N) is 1. The van der Waals surface area contributed by atoms with E-state index in [0.717, 1.165) is 0 Å². The Balaban J connectivity index is 2.75. The van der Waals surface area contributed by atoms with E-state index in [1.807, 2.05) is 6.07 Å². The third-order valence-corrected chi connectivity index (χ3v) is 4.29. The molecule has 0 saturated heterocycles. The number of hydrogen-bond acceptors (Lipinski definition) is 6. The average molecular weight is 411 g/mol. The van der Waals surface area contributed by atoms with Gasteiger partial charge in [-0.05, 0) is 41.9 Å². The fourth-order valence-corrected chi connectivity index (χ4v) is 2.93.